The smallest absolute Gasteiger partial charge is 0.339 e. The minimum atomic E-state index is -1.21. The number of aliphatic hydroxyl groups excluding tert-OH is 2. The van der Waals surface area contributed by atoms with Gasteiger partial charge >= 0.3 is 5.97 Å². The van der Waals surface area contributed by atoms with Crippen LogP contribution < -0.4 is 5.73 Å². The van der Waals surface area contributed by atoms with E-state index in [9.17, 15) is 15.0 Å². The van der Waals surface area contributed by atoms with Crippen LogP contribution in [0.15, 0.2) is 23.3 Å². The molecule has 2 unspecified atom stereocenters. The lowest BCUT2D eigenvalue weighted by Crippen LogP contribution is -2.20. The number of ether oxygens (including phenoxy) is 1. The molecule has 0 aliphatic carbocycles. The first-order valence-electron chi connectivity index (χ1n) is 5.86. The number of nitrogen functional groups attached to an aromatic ring is 1. The molecule has 2 atom stereocenters. The molecule has 0 aromatic heterocycles. The SMILES string of the molecule is COC(=O)c1cc(C(O)C(O)CCN=[N+]=[N-])ccc1N. The maximum Gasteiger partial charge on any atom is 0.339 e. The van der Waals surface area contributed by atoms with Crippen LogP contribution in [0.3, 0.4) is 0 Å². The van der Waals surface area contributed by atoms with Gasteiger partial charge in [0.1, 0.15) is 6.10 Å². The normalized spacial score (nSPS) is 13.2. The van der Waals surface area contributed by atoms with Crippen molar-refractivity contribution in [2.75, 3.05) is 19.4 Å². The van der Waals surface area contributed by atoms with E-state index in [1.807, 2.05) is 0 Å². The molecule has 1 rings (SSSR count). The van der Waals surface area contributed by atoms with Crippen molar-refractivity contribution < 1.29 is 19.7 Å². The Morgan fingerprint density at radius 2 is 2.25 bits per heavy atom. The van der Waals surface area contributed by atoms with E-state index >= 15 is 0 Å². The predicted molar refractivity (Wildman–Crippen MR) is 71.8 cm³/mol. The molecule has 1 aromatic rings. The molecule has 8 nitrogen and oxygen atoms in total. The number of carbonyl (C=O) groups excluding carboxylic acids is 1. The van der Waals surface area contributed by atoms with Crippen molar-refractivity contribution in [2.45, 2.75) is 18.6 Å². The van der Waals surface area contributed by atoms with Crippen molar-refractivity contribution in [3.8, 4) is 0 Å². The van der Waals surface area contributed by atoms with Gasteiger partial charge in [0.05, 0.1) is 18.8 Å². The zero-order valence-corrected chi connectivity index (χ0v) is 10.9. The summed E-state index contributed by atoms with van der Waals surface area (Å²) in [4.78, 5) is 14.0. The molecule has 20 heavy (non-hydrogen) atoms. The minimum Gasteiger partial charge on any atom is -0.465 e. The Balaban J connectivity index is 2.90. The Morgan fingerprint density at radius 3 is 2.85 bits per heavy atom. The maximum absolute atomic E-state index is 11.5. The molecule has 4 N–H and O–H groups in total. The van der Waals surface area contributed by atoms with Gasteiger partial charge in [0, 0.05) is 17.1 Å². The van der Waals surface area contributed by atoms with Crippen LogP contribution in [0, 0.1) is 0 Å². The van der Waals surface area contributed by atoms with Crippen molar-refractivity contribution in [2.24, 2.45) is 5.11 Å². The first kappa shape index (κ1) is 15.8. The van der Waals surface area contributed by atoms with Crippen LogP contribution in [0.4, 0.5) is 5.69 Å². The highest BCUT2D eigenvalue weighted by atomic mass is 16.5. The number of methoxy groups -OCH3 is 1. The number of rotatable bonds is 6. The van der Waals surface area contributed by atoms with Crippen LogP contribution in [-0.2, 0) is 4.74 Å². The molecule has 0 spiro atoms. The van der Waals surface area contributed by atoms with E-state index in [1.54, 1.807) is 0 Å². The van der Waals surface area contributed by atoms with Crippen LogP contribution in [0.25, 0.3) is 10.4 Å². The van der Waals surface area contributed by atoms with Gasteiger partial charge in [0.25, 0.3) is 0 Å². The third-order valence-corrected chi connectivity index (χ3v) is 2.78. The number of azide groups is 1. The fourth-order valence-electron chi connectivity index (χ4n) is 1.66. The molecule has 0 bridgehead atoms. The molecule has 108 valence electrons. The Bertz CT molecular complexity index is 528. The highest BCUT2D eigenvalue weighted by Gasteiger charge is 2.20. The highest BCUT2D eigenvalue weighted by Crippen LogP contribution is 2.23. The molecule has 0 aliphatic rings. The topological polar surface area (TPSA) is 142 Å². The number of anilines is 1. The van der Waals surface area contributed by atoms with Crippen LogP contribution in [0.2, 0.25) is 0 Å². The second kappa shape index (κ2) is 7.34. The molecule has 0 aliphatic heterocycles. The van der Waals surface area contributed by atoms with E-state index in [2.05, 4.69) is 14.8 Å². The van der Waals surface area contributed by atoms with Crippen LogP contribution >= 0.6 is 0 Å². The zero-order valence-electron chi connectivity index (χ0n) is 10.9. The number of nitrogens with zero attached hydrogens (tertiary/aromatic N) is 3. The predicted octanol–water partition coefficient (Wildman–Crippen LogP) is 1.15. The molecule has 0 heterocycles. The highest BCUT2D eigenvalue weighted by molar-refractivity contribution is 5.95. The number of hydrogen-bond acceptors (Lipinski definition) is 6. The van der Waals surface area contributed by atoms with Crippen LogP contribution in [0.1, 0.15) is 28.4 Å². The summed E-state index contributed by atoms with van der Waals surface area (Å²) in [7, 11) is 1.22. The van der Waals surface area contributed by atoms with Gasteiger partial charge in [-0.1, -0.05) is 11.2 Å². The standard InChI is InChI=1S/C12H16N4O4/c1-20-12(19)8-6-7(2-3-9(8)13)11(18)10(17)4-5-15-16-14/h2-3,6,10-11,17-18H,4-5,13H2,1H3. The van der Waals surface area contributed by atoms with E-state index in [0.29, 0.717) is 5.56 Å². The average molecular weight is 280 g/mol. The van der Waals surface area contributed by atoms with E-state index in [4.69, 9.17) is 11.3 Å². The lowest BCUT2D eigenvalue weighted by atomic mass is 9.99. The van der Waals surface area contributed by atoms with Crippen LogP contribution in [0.5, 0.6) is 0 Å². The number of hydrogen-bond donors (Lipinski definition) is 3. The van der Waals surface area contributed by atoms with Gasteiger partial charge in [-0.3, -0.25) is 0 Å². The van der Waals surface area contributed by atoms with E-state index < -0.39 is 18.2 Å². The van der Waals surface area contributed by atoms with Gasteiger partial charge < -0.3 is 20.7 Å². The van der Waals surface area contributed by atoms with Gasteiger partial charge in [0.2, 0.25) is 0 Å². The first-order chi connectivity index (χ1) is 9.51. The van der Waals surface area contributed by atoms with E-state index in [0.717, 1.165) is 0 Å². The molecule has 0 radical (unpaired) electrons. The summed E-state index contributed by atoms with van der Waals surface area (Å²) in [6, 6.07) is 4.32. The van der Waals surface area contributed by atoms with Crippen molar-refractivity contribution >= 4 is 11.7 Å². The first-order valence-corrected chi connectivity index (χ1v) is 5.86. The lowest BCUT2D eigenvalue weighted by molar-refractivity contribution is 0.0149. The van der Waals surface area contributed by atoms with Crippen molar-refractivity contribution in [1.29, 1.82) is 0 Å². The van der Waals surface area contributed by atoms with Crippen molar-refractivity contribution in [3.63, 3.8) is 0 Å². The zero-order chi connectivity index (χ0) is 15.1. The molecule has 0 saturated carbocycles. The number of benzene rings is 1. The summed E-state index contributed by atoms with van der Waals surface area (Å²) in [6.45, 7) is 0.0631. The van der Waals surface area contributed by atoms with Gasteiger partial charge in [-0.15, -0.1) is 0 Å². The second-order valence-electron chi connectivity index (χ2n) is 4.09. The number of nitrogens with two attached hydrogens (primary N) is 1. The van der Waals surface area contributed by atoms with Gasteiger partial charge in [-0.2, -0.15) is 0 Å². The molecular formula is C12H16N4O4. The average Bonchev–Trinajstić information content (AvgIpc) is 2.46. The number of aliphatic hydroxyl groups is 2. The fourth-order valence-corrected chi connectivity index (χ4v) is 1.66. The summed E-state index contributed by atoms with van der Waals surface area (Å²) >= 11 is 0. The van der Waals surface area contributed by atoms with E-state index in [-0.39, 0.29) is 24.2 Å². The Hall–Kier alpha value is -2.28. The largest absolute Gasteiger partial charge is 0.465 e. The molecule has 8 heteroatoms. The fraction of sp³-hybridized carbons (Fsp3) is 0.417. The lowest BCUT2D eigenvalue weighted by Gasteiger charge is -2.18. The Kier molecular flexibility index (Phi) is 5.79. The van der Waals surface area contributed by atoms with Crippen molar-refractivity contribution in [1.82, 2.24) is 0 Å². The van der Waals surface area contributed by atoms with Crippen molar-refractivity contribution in [3.05, 3.63) is 39.8 Å². The molecule has 0 amide bonds. The second-order valence-corrected chi connectivity index (χ2v) is 4.09. The minimum absolute atomic E-state index is 0.0631. The summed E-state index contributed by atoms with van der Waals surface area (Å²) < 4.78 is 4.57. The molecular weight excluding hydrogens is 264 g/mol. The van der Waals surface area contributed by atoms with Crippen LogP contribution in [-0.4, -0.2) is 35.9 Å². The molecule has 1 aromatic carbocycles. The molecule has 0 saturated heterocycles. The van der Waals surface area contributed by atoms with Gasteiger partial charge in [-0.25, -0.2) is 4.79 Å². The quantitative estimate of drug-likeness (QED) is 0.235. The van der Waals surface area contributed by atoms with Gasteiger partial charge in [-0.05, 0) is 29.6 Å². The summed E-state index contributed by atoms with van der Waals surface area (Å²) in [5.41, 5.74) is 14.4. The summed E-state index contributed by atoms with van der Waals surface area (Å²) in [5.74, 6) is -0.625. The Labute approximate surface area is 115 Å². The third kappa shape index (κ3) is 3.86. The summed E-state index contributed by atoms with van der Waals surface area (Å²) in [6.07, 6.45) is -2.23. The number of esters is 1. The monoisotopic (exact) mass is 280 g/mol. The van der Waals surface area contributed by atoms with Gasteiger partial charge in [0.15, 0.2) is 0 Å². The Morgan fingerprint density at radius 1 is 1.55 bits per heavy atom. The molecule has 0 fully saturated rings. The number of carbonyl (C=O) groups is 1. The maximum atomic E-state index is 11.5. The van der Waals surface area contributed by atoms with E-state index in [1.165, 1.54) is 25.3 Å². The third-order valence-electron chi connectivity index (χ3n) is 2.78. The summed E-state index contributed by atoms with van der Waals surface area (Å²) in [5, 5.41) is 23.0.